The van der Waals surface area contributed by atoms with Gasteiger partial charge in [-0.2, -0.15) is 0 Å². The highest BCUT2D eigenvalue weighted by Gasteiger charge is 2.17. The first-order valence-corrected chi connectivity index (χ1v) is 10.9. The van der Waals surface area contributed by atoms with E-state index in [2.05, 4.69) is 27.5 Å². The molecule has 0 fully saturated rings. The number of aryl methyl sites for hydroxylation is 1. The van der Waals surface area contributed by atoms with Gasteiger partial charge >= 0.3 is 0 Å². The Morgan fingerprint density at radius 2 is 1.80 bits per heavy atom. The molecule has 0 aliphatic carbocycles. The first-order valence-electron chi connectivity index (χ1n) is 10.9. The van der Waals surface area contributed by atoms with Crippen LogP contribution in [0.5, 0.6) is 0 Å². The summed E-state index contributed by atoms with van der Waals surface area (Å²) in [6, 6.07) is 19.5. The van der Waals surface area contributed by atoms with Crippen LogP contribution in [0, 0.1) is 24.6 Å². The smallest absolute Gasteiger partial charge is 0.273 e. The number of nitrogens with zero attached hydrogens (tertiary/aromatic N) is 2. The molecule has 7 heteroatoms. The number of carbonyl (C=O) groups excluding carboxylic acids is 1. The standard InChI is InChI=1S/C28H26FN3O3/c1-19-9-11-21(26(17-19)22-13-15-24(29)16-14-22)12-10-20(2)31-35-18-23-7-5-6-8-25(23)27(32-34-4)28(33)30-3/h5-9,11,13-17H,18H2,1-4H3,(H,30,33)/b31-20+,32-27+. The first kappa shape index (κ1) is 25.2. The van der Waals surface area contributed by atoms with E-state index in [1.165, 1.54) is 26.3 Å². The lowest BCUT2D eigenvalue weighted by molar-refractivity contribution is -0.114. The second-order valence-electron chi connectivity index (χ2n) is 7.61. The zero-order chi connectivity index (χ0) is 25.2. The predicted octanol–water partition coefficient (Wildman–Crippen LogP) is 4.84. The summed E-state index contributed by atoms with van der Waals surface area (Å²) in [5.41, 5.74) is 5.59. The Kier molecular flexibility index (Phi) is 8.74. The Morgan fingerprint density at radius 3 is 2.51 bits per heavy atom. The van der Waals surface area contributed by atoms with E-state index in [4.69, 9.17) is 9.68 Å². The Hall–Kier alpha value is -4.44. The monoisotopic (exact) mass is 471 g/mol. The highest BCUT2D eigenvalue weighted by atomic mass is 19.1. The molecule has 0 heterocycles. The third kappa shape index (κ3) is 6.78. The van der Waals surface area contributed by atoms with Crippen LogP contribution in [-0.4, -0.2) is 31.5 Å². The van der Waals surface area contributed by atoms with Crippen LogP contribution in [0.25, 0.3) is 11.1 Å². The minimum absolute atomic E-state index is 0.111. The van der Waals surface area contributed by atoms with E-state index in [0.717, 1.165) is 22.3 Å². The lowest BCUT2D eigenvalue weighted by atomic mass is 9.97. The summed E-state index contributed by atoms with van der Waals surface area (Å²) >= 11 is 0. The molecule has 6 nitrogen and oxygen atoms in total. The molecule has 3 aromatic rings. The number of rotatable bonds is 7. The Bertz CT molecular complexity index is 1320. The van der Waals surface area contributed by atoms with Gasteiger partial charge in [-0.15, -0.1) is 0 Å². The third-order valence-corrected chi connectivity index (χ3v) is 5.03. The van der Waals surface area contributed by atoms with Crippen LogP contribution < -0.4 is 5.32 Å². The normalized spacial score (nSPS) is 11.3. The Balaban J connectivity index is 1.79. The summed E-state index contributed by atoms with van der Waals surface area (Å²) in [5, 5.41) is 10.5. The van der Waals surface area contributed by atoms with Crippen molar-refractivity contribution < 1.29 is 18.9 Å². The predicted molar refractivity (Wildman–Crippen MR) is 135 cm³/mol. The highest BCUT2D eigenvalue weighted by molar-refractivity contribution is 6.45. The van der Waals surface area contributed by atoms with Crippen LogP contribution in [0.15, 0.2) is 77.0 Å². The van der Waals surface area contributed by atoms with Gasteiger partial charge in [-0.1, -0.05) is 70.3 Å². The van der Waals surface area contributed by atoms with Crippen molar-refractivity contribution >= 4 is 17.3 Å². The van der Waals surface area contributed by atoms with Crippen LogP contribution in [0.4, 0.5) is 4.39 Å². The molecule has 3 aromatic carbocycles. The average molecular weight is 472 g/mol. The lowest BCUT2D eigenvalue weighted by Gasteiger charge is -2.10. The van der Waals surface area contributed by atoms with Gasteiger partial charge in [-0.05, 0) is 49.1 Å². The van der Waals surface area contributed by atoms with Crippen molar-refractivity contribution in [2.75, 3.05) is 14.2 Å². The number of benzene rings is 3. The minimum Gasteiger partial charge on any atom is -0.398 e. The lowest BCUT2D eigenvalue weighted by Crippen LogP contribution is -2.29. The summed E-state index contributed by atoms with van der Waals surface area (Å²) in [5.74, 6) is 5.47. The molecule has 0 radical (unpaired) electrons. The van der Waals surface area contributed by atoms with Crippen LogP contribution >= 0.6 is 0 Å². The number of hydrogen-bond donors (Lipinski definition) is 1. The van der Waals surface area contributed by atoms with E-state index < -0.39 is 0 Å². The van der Waals surface area contributed by atoms with Gasteiger partial charge in [0.15, 0.2) is 5.71 Å². The molecular formula is C28H26FN3O3. The van der Waals surface area contributed by atoms with Crippen molar-refractivity contribution in [1.82, 2.24) is 5.32 Å². The molecule has 0 aromatic heterocycles. The van der Waals surface area contributed by atoms with Gasteiger partial charge < -0.3 is 15.0 Å². The van der Waals surface area contributed by atoms with Gasteiger partial charge in [-0.3, -0.25) is 4.79 Å². The minimum atomic E-state index is -0.375. The summed E-state index contributed by atoms with van der Waals surface area (Å²) < 4.78 is 13.4. The van der Waals surface area contributed by atoms with Gasteiger partial charge in [0.2, 0.25) is 0 Å². The second-order valence-corrected chi connectivity index (χ2v) is 7.61. The van der Waals surface area contributed by atoms with Crippen LogP contribution in [0.1, 0.15) is 29.2 Å². The van der Waals surface area contributed by atoms with Crippen LogP contribution in [0.3, 0.4) is 0 Å². The number of amides is 1. The average Bonchev–Trinajstić information content (AvgIpc) is 2.87. The van der Waals surface area contributed by atoms with Gasteiger partial charge in [-0.25, -0.2) is 4.39 Å². The molecule has 1 amide bonds. The van der Waals surface area contributed by atoms with Crippen molar-refractivity contribution in [3.8, 4) is 23.0 Å². The Labute approximate surface area is 204 Å². The zero-order valence-electron chi connectivity index (χ0n) is 20.1. The SMILES string of the molecule is CNC(=O)/C(=N/OC)c1ccccc1CO/N=C(\C)C#Cc1ccc(C)cc1-c1ccc(F)cc1. The molecule has 35 heavy (non-hydrogen) atoms. The molecule has 0 saturated heterocycles. The molecule has 0 bridgehead atoms. The fourth-order valence-electron chi connectivity index (χ4n) is 3.31. The number of nitrogens with one attached hydrogen (secondary N) is 1. The first-order chi connectivity index (χ1) is 16.9. The quantitative estimate of drug-likeness (QED) is 0.304. The largest absolute Gasteiger partial charge is 0.398 e. The summed E-state index contributed by atoms with van der Waals surface area (Å²) in [4.78, 5) is 22.5. The van der Waals surface area contributed by atoms with E-state index in [9.17, 15) is 9.18 Å². The maximum absolute atomic E-state index is 13.4. The van der Waals surface area contributed by atoms with Crippen molar-refractivity contribution in [2.45, 2.75) is 20.5 Å². The molecule has 0 atom stereocenters. The third-order valence-electron chi connectivity index (χ3n) is 5.03. The summed E-state index contributed by atoms with van der Waals surface area (Å²) in [6.07, 6.45) is 0. The second kappa shape index (κ2) is 12.1. The molecular weight excluding hydrogens is 445 g/mol. The van der Waals surface area contributed by atoms with Crippen molar-refractivity contribution in [2.24, 2.45) is 10.3 Å². The molecule has 0 aliphatic heterocycles. The van der Waals surface area contributed by atoms with Gasteiger partial charge in [0.05, 0.1) is 0 Å². The fourth-order valence-corrected chi connectivity index (χ4v) is 3.31. The van der Waals surface area contributed by atoms with E-state index >= 15 is 0 Å². The molecule has 178 valence electrons. The maximum Gasteiger partial charge on any atom is 0.273 e. The topological polar surface area (TPSA) is 72.3 Å². The van der Waals surface area contributed by atoms with Gasteiger partial charge in [0, 0.05) is 23.7 Å². The van der Waals surface area contributed by atoms with Crippen LogP contribution in [-0.2, 0) is 21.1 Å². The van der Waals surface area contributed by atoms with Gasteiger partial charge in [0.25, 0.3) is 5.91 Å². The molecule has 0 unspecified atom stereocenters. The van der Waals surface area contributed by atoms with Crippen molar-refractivity contribution in [1.29, 1.82) is 0 Å². The molecule has 0 saturated carbocycles. The summed E-state index contributed by atoms with van der Waals surface area (Å²) in [7, 11) is 2.90. The zero-order valence-corrected chi connectivity index (χ0v) is 20.1. The van der Waals surface area contributed by atoms with E-state index in [1.54, 1.807) is 31.2 Å². The number of carbonyl (C=O) groups is 1. The number of hydrogen-bond acceptors (Lipinski definition) is 5. The molecule has 3 rings (SSSR count). The fraction of sp³-hybridized carbons (Fsp3) is 0.179. The van der Waals surface area contributed by atoms with Crippen LogP contribution in [0.2, 0.25) is 0 Å². The highest BCUT2D eigenvalue weighted by Crippen LogP contribution is 2.25. The van der Waals surface area contributed by atoms with E-state index in [-0.39, 0.29) is 24.0 Å². The maximum atomic E-state index is 13.4. The van der Waals surface area contributed by atoms with E-state index in [0.29, 0.717) is 16.8 Å². The molecule has 0 aliphatic rings. The van der Waals surface area contributed by atoms with Gasteiger partial charge in [0.1, 0.15) is 25.2 Å². The van der Waals surface area contributed by atoms with Crippen molar-refractivity contribution in [3.63, 3.8) is 0 Å². The molecule has 0 spiro atoms. The molecule has 1 N–H and O–H groups in total. The van der Waals surface area contributed by atoms with E-state index in [1.807, 2.05) is 37.3 Å². The Morgan fingerprint density at radius 1 is 1.06 bits per heavy atom. The van der Waals surface area contributed by atoms with Crippen molar-refractivity contribution in [3.05, 3.63) is 94.8 Å². The number of halogens is 1. The number of oxime groups is 2. The summed E-state index contributed by atoms with van der Waals surface area (Å²) in [6.45, 7) is 3.85. The number of likely N-dealkylation sites (N-methyl/N-ethyl adjacent to an activating group) is 1.